The fourth-order valence-electron chi connectivity index (χ4n) is 4.12. The summed E-state index contributed by atoms with van der Waals surface area (Å²) < 4.78 is 23.6. The van der Waals surface area contributed by atoms with Crippen molar-refractivity contribution in [2.24, 2.45) is 11.3 Å². The van der Waals surface area contributed by atoms with E-state index in [1.165, 1.54) is 6.42 Å². The van der Waals surface area contributed by atoms with Crippen molar-refractivity contribution in [3.05, 3.63) is 0 Å². The summed E-state index contributed by atoms with van der Waals surface area (Å²) in [6, 6.07) is 0. The highest BCUT2D eigenvalue weighted by Gasteiger charge is 2.52. The minimum absolute atomic E-state index is 0.119. The molecule has 0 aromatic carbocycles. The van der Waals surface area contributed by atoms with Crippen LogP contribution >= 0.6 is 0 Å². The summed E-state index contributed by atoms with van der Waals surface area (Å²) in [7, 11) is -2.99. The first kappa shape index (κ1) is 14.3. The Bertz CT molecular complexity index is 505. The number of amides is 1. The molecule has 3 aliphatic rings. The van der Waals surface area contributed by atoms with Crippen LogP contribution in [0.2, 0.25) is 0 Å². The first-order valence-corrected chi connectivity index (χ1v) is 9.39. The average Bonchev–Trinajstić information content (AvgIpc) is 2.86. The van der Waals surface area contributed by atoms with Gasteiger partial charge in [-0.2, -0.15) is 0 Å². The molecule has 0 aromatic heterocycles. The molecule has 3 rings (SSSR count). The van der Waals surface area contributed by atoms with Gasteiger partial charge >= 0.3 is 0 Å². The van der Waals surface area contributed by atoms with Crippen LogP contribution in [-0.4, -0.2) is 56.4 Å². The molecule has 1 saturated carbocycles. The van der Waals surface area contributed by atoms with E-state index >= 15 is 0 Å². The quantitative estimate of drug-likeness (QED) is 0.762. The molecule has 0 radical (unpaired) electrons. The Hall–Kier alpha value is -0.620. The molecule has 3 fully saturated rings. The summed E-state index contributed by atoms with van der Waals surface area (Å²) in [6.45, 7) is 4.18. The molecular formula is C14H24N2O3S. The van der Waals surface area contributed by atoms with Gasteiger partial charge < -0.3 is 10.2 Å². The Morgan fingerprint density at radius 1 is 1.35 bits per heavy atom. The van der Waals surface area contributed by atoms with Gasteiger partial charge in [-0.1, -0.05) is 12.8 Å². The van der Waals surface area contributed by atoms with Gasteiger partial charge in [0, 0.05) is 19.6 Å². The Labute approximate surface area is 121 Å². The van der Waals surface area contributed by atoms with Gasteiger partial charge in [-0.05, 0) is 32.2 Å². The molecule has 2 aliphatic heterocycles. The fraction of sp³-hybridized carbons (Fsp3) is 0.929. The third kappa shape index (κ3) is 2.17. The monoisotopic (exact) mass is 300 g/mol. The molecule has 1 N–H and O–H groups in total. The zero-order valence-corrected chi connectivity index (χ0v) is 12.9. The van der Waals surface area contributed by atoms with Gasteiger partial charge in [-0.15, -0.1) is 0 Å². The minimum Gasteiger partial charge on any atom is -0.340 e. The Balaban J connectivity index is 1.79. The first-order valence-electron chi connectivity index (χ1n) is 7.67. The van der Waals surface area contributed by atoms with E-state index in [1.54, 1.807) is 6.92 Å². The van der Waals surface area contributed by atoms with E-state index in [0.29, 0.717) is 19.0 Å². The molecule has 1 unspecified atom stereocenters. The standard InChI is InChI=1S/C14H24N2O3S/c1-11-9-16(6-7-20(11,18)19)13(17)14-5-3-2-4-12(14)8-15-10-14/h11-12,15H,2-10H2,1H3/t11?,12-,14+/m0/s1. The lowest BCUT2D eigenvalue weighted by Gasteiger charge is -2.42. The van der Waals surface area contributed by atoms with E-state index in [-0.39, 0.29) is 17.1 Å². The van der Waals surface area contributed by atoms with E-state index in [2.05, 4.69) is 5.32 Å². The van der Waals surface area contributed by atoms with Crippen LogP contribution in [0.25, 0.3) is 0 Å². The molecule has 20 heavy (non-hydrogen) atoms. The lowest BCUT2D eigenvalue weighted by molar-refractivity contribution is -0.145. The summed E-state index contributed by atoms with van der Waals surface area (Å²) in [5, 5.41) is 2.96. The van der Waals surface area contributed by atoms with Crippen molar-refractivity contribution in [1.29, 1.82) is 0 Å². The van der Waals surface area contributed by atoms with Crippen LogP contribution in [0.5, 0.6) is 0 Å². The van der Waals surface area contributed by atoms with Crippen LogP contribution in [0, 0.1) is 11.3 Å². The van der Waals surface area contributed by atoms with Crippen LogP contribution in [-0.2, 0) is 14.6 Å². The second-order valence-corrected chi connectivity index (χ2v) is 9.20. The molecule has 6 heteroatoms. The number of nitrogens with zero attached hydrogens (tertiary/aromatic N) is 1. The van der Waals surface area contributed by atoms with Crippen molar-refractivity contribution in [2.45, 2.75) is 37.9 Å². The Morgan fingerprint density at radius 2 is 2.15 bits per heavy atom. The maximum Gasteiger partial charge on any atom is 0.230 e. The summed E-state index contributed by atoms with van der Waals surface area (Å²) >= 11 is 0. The number of sulfone groups is 1. The van der Waals surface area contributed by atoms with Crippen molar-refractivity contribution >= 4 is 15.7 Å². The van der Waals surface area contributed by atoms with Crippen LogP contribution in [0.4, 0.5) is 0 Å². The highest BCUT2D eigenvalue weighted by atomic mass is 32.2. The molecule has 1 amide bonds. The SMILES string of the molecule is CC1CN(C(=O)[C@@]23CCCC[C@H]2CNC3)CCS1(=O)=O. The van der Waals surface area contributed by atoms with Crippen molar-refractivity contribution in [3.8, 4) is 0 Å². The van der Waals surface area contributed by atoms with Crippen molar-refractivity contribution in [1.82, 2.24) is 10.2 Å². The number of carbonyl (C=O) groups excluding carboxylic acids is 1. The maximum absolute atomic E-state index is 13.0. The number of carbonyl (C=O) groups is 1. The summed E-state index contributed by atoms with van der Waals surface area (Å²) in [5.74, 6) is 0.764. The number of hydrogen-bond acceptors (Lipinski definition) is 4. The summed E-state index contributed by atoms with van der Waals surface area (Å²) in [6.07, 6.45) is 4.42. The van der Waals surface area contributed by atoms with Crippen molar-refractivity contribution in [2.75, 3.05) is 31.9 Å². The number of fused-ring (bicyclic) bond motifs is 1. The molecule has 3 atom stereocenters. The molecule has 0 aromatic rings. The molecule has 5 nitrogen and oxygen atoms in total. The van der Waals surface area contributed by atoms with Crippen LogP contribution < -0.4 is 5.32 Å². The van der Waals surface area contributed by atoms with Crippen LogP contribution in [0.3, 0.4) is 0 Å². The molecule has 0 spiro atoms. The Morgan fingerprint density at radius 3 is 2.90 bits per heavy atom. The van der Waals surface area contributed by atoms with Gasteiger partial charge in [-0.3, -0.25) is 4.79 Å². The second kappa shape index (κ2) is 4.98. The molecule has 0 bridgehead atoms. The zero-order chi connectivity index (χ0) is 14.4. The van der Waals surface area contributed by atoms with Crippen LogP contribution in [0.15, 0.2) is 0 Å². The molecule has 1 aliphatic carbocycles. The van der Waals surface area contributed by atoms with Crippen molar-refractivity contribution in [3.63, 3.8) is 0 Å². The lowest BCUT2D eigenvalue weighted by atomic mass is 9.67. The van der Waals surface area contributed by atoms with Crippen molar-refractivity contribution < 1.29 is 13.2 Å². The molecule has 114 valence electrons. The molecular weight excluding hydrogens is 276 g/mol. The topological polar surface area (TPSA) is 66.5 Å². The fourth-order valence-corrected chi connectivity index (χ4v) is 5.41. The minimum atomic E-state index is -2.99. The first-order chi connectivity index (χ1) is 9.46. The number of nitrogens with one attached hydrogen (secondary N) is 1. The predicted molar refractivity (Wildman–Crippen MR) is 77.1 cm³/mol. The van der Waals surface area contributed by atoms with E-state index in [9.17, 15) is 13.2 Å². The highest BCUT2D eigenvalue weighted by molar-refractivity contribution is 7.92. The summed E-state index contributed by atoms with van der Waals surface area (Å²) in [4.78, 5) is 14.8. The van der Waals surface area contributed by atoms with Crippen LogP contribution in [0.1, 0.15) is 32.6 Å². The highest BCUT2D eigenvalue weighted by Crippen LogP contribution is 2.45. The van der Waals surface area contributed by atoms with E-state index in [4.69, 9.17) is 0 Å². The third-order valence-corrected chi connectivity index (χ3v) is 7.61. The lowest BCUT2D eigenvalue weighted by Crippen LogP contribution is -2.55. The summed E-state index contributed by atoms with van der Waals surface area (Å²) in [5.41, 5.74) is -0.251. The smallest absolute Gasteiger partial charge is 0.230 e. The predicted octanol–water partition coefficient (Wildman–Crippen LogP) is 0.412. The van der Waals surface area contributed by atoms with Gasteiger partial charge in [0.25, 0.3) is 0 Å². The largest absolute Gasteiger partial charge is 0.340 e. The normalized spacial score (nSPS) is 40.4. The van der Waals surface area contributed by atoms with Gasteiger partial charge in [0.05, 0.1) is 16.4 Å². The number of rotatable bonds is 1. The van der Waals surface area contributed by atoms with E-state index in [0.717, 1.165) is 32.4 Å². The van der Waals surface area contributed by atoms with Gasteiger partial charge in [0.2, 0.25) is 5.91 Å². The van der Waals surface area contributed by atoms with Gasteiger partial charge in [-0.25, -0.2) is 8.42 Å². The maximum atomic E-state index is 13.0. The van der Waals surface area contributed by atoms with Gasteiger partial charge in [0.15, 0.2) is 9.84 Å². The second-order valence-electron chi connectivity index (χ2n) is 6.66. The average molecular weight is 300 g/mol. The van der Waals surface area contributed by atoms with E-state index in [1.807, 2.05) is 4.90 Å². The number of hydrogen-bond donors (Lipinski definition) is 1. The Kier molecular flexibility index (Phi) is 3.57. The van der Waals surface area contributed by atoms with Gasteiger partial charge in [0.1, 0.15) is 0 Å². The molecule has 2 heterocycles. The van der Waals surface area contributed by atoms with E-state index < -0.39 is 15.1 Å². The zero-order valence-electron chi connectivity index (χ0n) is 12.1. The third-order valence-electron chi connectivity index (χ3n) is 5.49. The molecule has 2 saturated heterocycles.